The van der Waals surface area contributed by atoms with Crippen LogP contribution in [0.15, 0.2) is 0 Å². The molecule has 0 saturated carbocycles. The molecule has 1 atom stereocenters. The Balaban J connectivity index is 0.000000490. The van der Waals surface area contributed by atoms with Crippen LogP contribution in [0.5, 0.6) is 0 Å². The Morgan fingerprint density at radius 2 is 2.38 bits per heavy atom. The van der Waals surface area contributed by atoms with Gasteiger partial charge in [0, 0.05) is 0 Å². The van der Waals surface area contributed by atoms with Gasteiger partial charge < -0.3 is 9.47 Å². The highest BCUT2D eigenvalue weighted by Crippen LogP contribution is 2.02. The number of halogens is 1. The first-order valence-electron chi connectivity index (χ1n) is 2.12. The molecule has 0 radical (unpaired) electrons. The summed E-state index contributed by atoms with van der Waals surface area (Å²) in [5.74, 6) is 0. The Hall–Kier alpha value is -0.250. The monoisotopic (exact) mass is 182 g/mol. The van der Waals surface area contributed by atoms with Crippen LogP contribution in [-0.2, 0) is 9.47 Å². The van der Waals surface area contributed by atoms with E-state index in [0.29, 0.717) is 6.61 Å². The highest BCUT2D eigenvalue weighted by Gasteiger charge is 2.19. The van der Waals surface area contributed by atoms with Crippen LogP contribution >= 0.6 is 17.0 Å². The lowest BCUT2D eigenvalue weighted by Gasteiger charge is -1.90. The van der Waals surface area contributed by atoms with Crippen LogP contribution in [0, 0.1) is 0 Å². The molecular formula is C4H7BrO3. The van der Waals surface area contributed by atoms with Gasteiger partial charge in [-0.05, 0) is 6.92 Å². The van der Waals surface area contributed by atoms with Crippen molar-refractivity contribution >= 4 is 23.1 Å². The molecule has 8 heavy (non-hydrogen) atoms. The van der Waals surface area contributed by atoms with E-state index in [-0.39, 0.29) is 23.1 Å². The van der Waals surface area contributed by atoms with Crippen molar-refractivity contribution in [2.75, 3.05) is 6.61 Å². The zero-order valence-corrected chi connectivity index (χ0v) is 6.13. The van der Waals surface area contributed by atoms with Gasteiger partial charge in [0.2, 0.25) is 0 Å². The first-order valence-corrected chi connectivity index (χ1v) is 2.12. The third-order valence-electron chi connectivity index (χ3n) is 0.733. The second-order valence-electron chi connectivity index (χ2n) is 1.49. The lowest BCUT2D eigenvalue weighted by Crippen LogP contribution is -2.01. The molecule has 1 rings (SSSR count). The third-order valence-corrected chi connectivity index (χ3v) is 0.733. The topological polar surface area (TPSA) is 35.5 Å². The maximum Gasteiger partial charge on any atom is 0.508 e. The number of hydrogen-bond acceptors (Lipinski definition) is 3. The molecule has 0 bridgehead atoms. The molecule has 0 N–H and O–H groups in total. The van der Waals surface area contributed by atoms with Crippen molar-refractivity contribution < 1.29 is 14.3 Å². The van der Waals surface area contributed by atoms with Gasteiger partial charge >= 0.3 is 6.16 Å². The molecule has 1 fully saturated rings. The van der Waals surface area contributed by atoms with Gasteiger partial charge in [-0.1, -0.05) is 0 Å². The van der Waals surface area contributed by atoms with E-state index in [4.69, 9.17) is 0 Å². The minimum absolute atomic E-state index is 0. The van der Waals surface area contributed by atoms with Crippen LogP contribution in [0.3, 0.4) is 0 Å². The van der Waals surface area contributed by atoms with Gasteiger partial charge in [0.1, 0.15) is 12.7 Å². The number of ether oxygens (including phenoxy) is 2. The van der Waals surface area contributed by atoms with E-state index in [9.17, 15) is 4.79 Å². The number of carbonyl (C=O) groups is 1. The molecule has 48 valence electrons. The molecule has 4 heteroatoms. The minimum Gasteiger partial charge on any atom is -0.430 e. The van der Waals surface area contributed by atoms with Crippen LogP contribution in [0.2, 0.25) is 0 Å². The van der Waals surface area contributed by atoms with E-state index in [1.54, 1.807) is 6.92 Å². The Kier molecular flexibility index (Phi) is 2.82. The van der Waals surface area contributed by atoms with Crippen molar-refractivity contribution in [3.05, 3.63) is 0 Å². The van der Waals surface area contributed by atoms with Gasteiger partial charge in [-0.2, -0.15) is 0 Å². The number of hydrogen-bond donors (Lipinski definition) is 0. The number of rotatable bonds is 0. The predicted molar refractivity (Wildman–Crippen MR) is 32.2 cm³/mol. The maximum absolute atomic E-state index is 10.0. The third kappa shape index (κ3) is 1.69. The highest BCUT2D eigenvalue weighted by molar-refractivity contribution is 8.93. The van der Waals surface area contributed by atoms with Crippen LogP contribution in [0.25, 0.3) is 0 Å². The van der Waals surface area contributed by atoms with Gasteiger partial charge in [0.25, 0.3) is 0 Å². The maximum atomic E-state index is 10.0. The van der Waals surface area contributed by atoms with Crippen LogP contribution in [-0.4, -0.2) is 18.9 Å². The van der Waals surface area contributed by atoms with Crippen LogP contribution in [0.1, 0.15) is 6.92 Å². The average molecular weight is 183 g/mol. The van der Waals surface area contributed by atoms with Crippen LogP contribution < -0.4 is 0 Å². The summed E-state index contributed by atoms with van der Waals surface area (Å²) < 4.78 is 8.90. The Bertz CT molecular complexity index is 93.3. The fraction of sp³-hybridized carbons (Fsp3) is 0.750. The van der Waals surface area contributed by atoms with Crippen molar-refractivity contribution in [2.45, 2.75) is 13.0 Å². The quantitative estimate of drug-likeness (QED) is 0.528. The van der Waals surface area contributed by atoms with Gasteiger partial charge in [-0.15, -0.1) is 17.0 Å². The van der Waals surface area contributed by atoms with E-state index in [1.165, 1.54) is 0 Å². The summed E-state index contributed by atoms with van der Waals surface area (Å²) in [6.45, 7) is 2.18. The summed E-state index contributed by atoms with van der Waals surface area (Å²) in [6, 6.07) is 0. The molecule has 0 spiro atoms. The highest BCUT2D eigenvalue weighted by atomic mass is 79.9. The molecule has 0 aromatic heterocycles. The first kappa shape index (κ1) is 7.75. The first-order chi connectivity index (χ1) is 3.29. The molecule has 0 aromatic rings. The summed E-state index contributed by atoms with van der Waals surface area (Å²) in [5, 5.41) is 0. The van der Waals surface area contributed by atoms with E-state index < -0.39 is 6.16 Å². The van der Waals surface area contributed by atoms with Crippen molar-refractivity contribution in [3.8, 4) is 0 Å². The van der Waals surface area contributed by atoms with Gasteiger partial charge in [0.15, 0.2) is 0 Å². The molecule has 1 aliphatic rings. The molecule has 0 aromatic carbocycles. The number of cyclic esters (lactones) is 2. The summed E-state index contributed by atoms with van der Waals surface area (Å²) in [5.41, 5.74) is 0. The molecule has 1 unspecified atom stereocenters. The van der Waals surface area contributed by atoms with E-state index in [2.05, 4.69) is 9.47 Å². The molecule has 1 heterocycles. The van der Waals surface area contributed by atoms with Gasteiger partial charge in [0.05, 0.1) is 0 Å². The van der Waals surface area contributed by atoms with Gasteiger partial charge in [-0.3, -0.25) is 0 Å². The lowest BCUT2D eigenvalue weighted by molar-refractivity contribution is 0.121. The van der Waals surface area contributed by atoms with Crippen molar-refractivity contribution in [1.82, 2.24) is 0 Å². The largest absolute Gasteiger partial charge is 0.508 e. The van der Waals surface area contributed by atoms with Gasteiger partial charge in [-0.25, -0.2) is 4.79 Å². The van der Waals surface area contributed by atoms with Crippen molar-refractivity contribution in [3.63, 3.8) is 0 Å². The lowest BCUT2D eigenvalue weighted by atomic mass is 10.5. The molecular weight excluding hydrogens is 176 g/mol. The van der Waals surface area contributed by atoms with Crippen molar-refractivity contribution in [2.24, 2.45) is 0 Å². The Labute approximate surface area is 57.7 Å². The average Bonchev–Trinajstić information content (AvgIpc) is 1.87. The SMILES string of the molecule is Br.CC1COC(=O)O1. The second-order valence-corrected chi connectivity index (χ2v) is 1.49. The van der Waals surface area contributed by atoms with Crippen molar-refractivity contribution in [1.29, 1.82) is 0 Å². The number of carbonyl (C=O) groups excluding carboxylic acids is 1. The zero-order chi connectivity index (χ0) is 5.28. The van der Waals surface area contributed by atoms with E-state index in [1.807, 2.05) is 0 Å². The standard InChI is InChI=1S/C4H6O3.BrH/c1-3-2-6-4(5)7-3;/h3H,2H2,1H3;1H. The van der Waals surface area contributed by atoms with E-state index in [0.717, 1.165) is 0 Å². The fourth-order valence-electron chi connectivity index (χ4n) is 0.418. The minimum atomic E-state index is -0.549. The summed E-state index contributed by atoms with van der Waals surface area (Å²) >= 11 is 0. The fourth-order valence-corrected chi connectivity index (χ4v) is 0.418. The summed E-state index contributed by atoms with van der Waals surface area (Å²) in [6.07, 6.45) is -0.597. The second kappa shape index (κ2) is 2.91. The van der Waals surface area contributed by atoms with Crippen LogP contribution in [0.4, 0.5) is 4.79 Å². The van der Waals surface area contributed by atoms with E-state index >= 15 is 0 Å². The smallest absolute Gasteiger partial charge is 0.430 e. The Morgan fingerprint density at radius 3 is 2.50 bits per heavy atom. The molecule has 0 aliphatic carbocycles. The summed E-state index contributed by atoms with van der Waals surface area (Å²) in [7, 11) is 0. The molecule has 0 amide bonds. The molecule has 1 saturated heterocycles. The predicted octanol–water partition coefficient (Wildman–Crippen LogP) is 1.12. The zero-order valence-electron chi connectivity index (χ0n) is 4.42. The summed E-state index contributed by atoms with van der Waals surface area (Å²) in [4.78, 5) is 10.0. The molecule has 3 nitrogen and oxygen atoms in total. The normalized spacial score (nSPS) is 25.6. The molecule has 1 aliphatic heterocycles. The Morgan fingerprint density at radius 1 is 1.75 bits per heavy atom.